The fourth-order valence-electron chi connectivity index (χ4n) is 0.670. The van der Waals surface area contributed by atoms with E-state index in [4.69, 9.17) is 0 Å². The predicted octanol–water partition coefficient (Wildman–Crippen LogP) is 2.59. The van der Waals surface area contributed by atoms with Crippen LogP contribution in [0.1, 0.15) is 15.4 Å². The third-order valence-electron chi connectivity index (χ3n) is 1.17. The molecule has 1 heterocycles. The Labute approximate surface area is 90.4 Å². The molecule has 0 saturated heterocycles. The van der Waals surface area contributed by atoms with Gasteiger partial charge < -0.3 is 4.74 Å². The molecule has 3 nitrogen and oxygen atoms in total. The van der Waals surface area contributed by atoms with E-state index in [2.05, 4.69) is 41.6 Å². The lowest BCUT2D eigenvalue weighted by atomic mass is 10.4. The van der Waals surface area contributed by atoms with Crippen LogP contribution in [0.15, 0.2) is 3.92 Å². The van der Waals surface area contributed by atoms with Crippen molar-refractivity contribution in [3.05, 3.63) is 14.5 Å². The summed E-state index contributed by atoms with van der Waals surface area (Å²) >= 11 is 7.88. The number of hydrogen-bond acceptors (Lipinski definition) is 4. The molecule has 1 aromatic rings. The number of carbonyl (C=O) groups excluding carboxylic acids is 1. The molecule has 1 aromatic heterocycles. The van der Waals surface area contributed by atoms with Crippen molar-refractivity contribution in [2.75, 3.05) is 7.11 Å². The standard InChI is InChI=1S/C6H5Br2NO2S/c1-11-5(10)4-3(2-7)12-6(8)9-4/h2H2,1H3. The molecule has 0 saturated carbocycles. The molecule has 0 amide bonds. The third-order valence-corrected chi connectivity index (χ3v) is 3.61. The van der Waals surface area contributed by atoms with Crippen LogP contribution in [0.2, 0.25) is 0 Å². The van der Waals surface area contributed by atoms with E-state index in [0.29, 0.717) is 14.9 Å². The van der Waals surface area contributed by atoms with E-state index in [0.717, 1.165) is 4.88 Å². The summed E-state index contributed by atoms with van der Waals surface area (Å²) in [6, 6.07) is 0. The number of hydrogen-bond donors (Lipinski definition) is 0. The molecular weight excluding hydrogens is 310 g/mol. The number of thiazole rings is 1. The summed E-state index contributed by atoms with van der Waals surface area (Å²) in [7, 11) is 1.34. The zero-order valence-corrected chi connectivity index (χ0v) is 10.1. The van der Waals surface area contributed by atoms with Gasteiger partial charge in [-0.25, -0.2) is 9.78 Å². The molecule has 0 aliphatic rings. The molecule has 0 fully saturated rings. The Morgan fingerprint density at radius 1 is 1.75 bits per heavy atom. The number of methoxy groups -OCH3 is 1. The van der Waals surface area contributed by atoms with Crippen molar-refractivity contribution >= 4 is 49.2 Å². The summed E-state index contributed by atoms with van der Waals surface area (Å²) in [4.78, 5) is 15.9. The number of ether oxygens (including phenoxy) is 1. The molecule has 0 aliphatic heterocycles. The van der Waals surface area contributed by atoms with Crippen molar-refractivity contribution in [1.82, 2.24) is 4.98 Å². The predicted molar refractivity (Wildman–Crippen MR) is 53.8 cm³/mol. The highest BCUT2D eigenvalue weighted by molar-refractivity contribution is 9.11. The van der Waals surface area contributed by atoms with Crippen molar-refractivity contribution in [2.24, 2.45) is 0 Å². The van der Waals surface area contributed by atoms with Crippen LogP contribution in [-0.2, 0) is 10.1 Å². The molecule has 0 atom stereocenters. The average molecular weight is 315 g/mol. The van der Waals surface area contributed by atoms with Crippen molar-refractivity contribution in [1.29, 1.82) is 0 Å². The van der Waals surface area contributed by atoms with Gasteiger partial charge in [0.05, 0.1) is 12.0 Å². The molecule has 0 unspecified atom stereocenters. The van der Waals surface area contributed by atoms with Gasteiger partial charge in [0.25, 0.3) is 0 Å². The minimum absolute atomic E-state index is 0.381. The highest BCUT2D eigenvalue weighted by atomic mass is 79.9. The third kappa shape index (κ3) is 2.05. The Hall–Kier alpha value is 0.0600. The summed E-state index contributed by atoms with van der Waals surface area (Å²) in [5.74, 6) is -0.397. The number of alkyl halides is 1. The maximum atomic E-state index is 11.1. The monoisotopic (exact) mass is 313 g/mol. The highest BCUT2D eigenvalue weighted by Gasteiger charge is 2.16. The van der Waals surface area contributed by atoms with E-state index in [1.165, 1.54) is 18.4 Å². The van der Waals surface area contributed by atoms with Crippen molar-refractivity contribution in [3.8, 4) is 0 Å². The minimum atomic E-state index is -0.397. The first-order chi connectivity index (χ1) is 5.69. The quantitative estimate of drug-likeness (QED) is 0.622. The van der Waals surface area contributed by atoms with Gasteiger partial charge in [-0.05, 0) is 15.9 Å². The number of aromatic nitrogens is 1. The Balaban J connectivity index is 3.04. The lowest BCUT2D eigenvalue weighted by molar-refractivity contribution is 0.0594. The zero-order valence-electron chi connectivity index (χ0n) is 6.13. The Bertz CT molecular complexity index is 300. The van der Waals surface area contributed by atoms with Crippen LogP contribution in [0.25, 0.3) is 0 Å². The number of carbonyl (C=O) groups is 1. The number of halogens is 2. The second kappa shape index (κ2) is 4.34. The van der Waals surface area contributed by atoms with Gasteiger partial charge in [-0.3, -0.25) is 0 Å². The molecule has 12 heavy (non-hydrogen) atoms. The van der Waals surface area contributed by atoms with Gasteiger partial charge in [-0.2, -0.15) is 0 Å². The maximum Gasteiger partial charge on any atom is 0.357 e. The van der Waals surface area contributed by atoms with Gasteiger partial charge >= 0.3 is 5.97 Å². The van der Waals surface area contributed by atoms with Crippen LogP contribution in [0.4, 0.5) is 0 Å². The molecule has 0 spiro atoms. The second-order valence-corrected chi connectivity index (χ2v) is 4.78. The fraction of sp³-hybridized carbons (Fsp3) is 0.333. The van der Waals surface area contributed by atoms with E-state index < -0.39 is 5.97 Å². The van der Waals surface area contributed by atoms with Crippen molar-refractivity contribution in [3.63, 3.8) is 0 Å². The average Bonchev–Trinajstić information content (AvgIpc) is 2.45. The first-order valence-electron chi connectivity index (χ1n) is 2.98. The van der Waals surface area contributed by atoms with Gasteiger partial charge in [-0.1, -0.05) is 15.9 Å². The van der Waals surface area contributed by atoms with Crippen LogP contribution in [0.5, 0.6) is 0 Å². The van der Waals surface area contributed by atoms with Gasteiger partial charge in [0.15, 0.2) is 9.61 Å². The van der Waals surface area contributed by atoms with Crippen molar-refractivity contribution in [2.45, 2.75) is 5.33 Å². The van der Waals surface area contributed by atoms with Crippen LogP contribution in [-0.4, -0.2) is 18.1 Å². The van der Waals surface area contributed by atoms with E-state index in [-0.39, 0.29) is 0 Å². The molecule has 0 N–H and O–H groups in total. The SMILES string of the molecule is COC(=O)c1nc(Br)sc1CBr. The number of rotatable bonds is 2. The topological polar surface area (TPSA) is 39.2 Å². The maximum absolute atomic E-state index is 11.1. The summed E-state index contributed by atoms with van der Waals surface area (Å²) in [6.45, 7) is 0. The van der Waals surface area contributed by atoms with Crippen molar-refractivity contribution < 1.29 is 9.53 Å². The Morgan fingerprint density at radius 2 is 2.42 bits per heavy atom. The second-order valence-electron chi connectivity index (χ2n) is 1.86. The van der Waals surface area contributed by atoms with Gasteiger partial charge in [-0.15, -0.1) is 11.3 Å². The van der Waals surface area contributed by atoms with E-state index in [1.807, 2.05) is 0 Å². The first kappa shape index (κ1) is 10.1. The molecule has 0 aromatic carbocycles. The highest BCUT2D eigenvalue weighted by Crippen LogP contribution is 2.25. The van der Waals surface area contributed by atoms with Crippen LogP contribution in [0, 0.1) is 0 Å². The van der Waals surface area contributed by atoms with Crippen LogP contribution in [0.3, 0.4) is 0 Å². The molecule has 6 heteroatoms. The first-order valence-corrected chi connectivity index (χ1v) is 5.71. The summed E-state index contributed by atoms with van der Waals surface area (Å²) in [5, 5.41) is 0.612. The number of esters is 1. The lowest BCUT2D eigenvalue weighted by Gasteiger charge is -1.94. The normalized spacial score (nSPS) is 9.92. The summed E-state index contributed by atoms with van der Waals surface area (Å²) < 4.78 is 5.25. The molecule has 0 radical (unpaired) electrons. The van der Waals surface area contributed by atoms with E-state index >= 15 is 0 Å². The van der Waals surface area contributed by atoms with Gasteiger partial charge in [0.2, 0.25) is 0 Å². The summed E-state index contributed by atoms with van der Waals surface area (Å²) in [6.07, 6.45) is 0. The zero-order chi connectivity index (χ0) is 9.14. The van der Waals surface area contributed by atoms with Crippen LogP contribution < -0.4 is 0 Å². The summed E-state index contributed by atoms with van der Waals surface area (Å²) in [5.41, 5.74) is 0.381. The Morgan fingerprint density at radius 3 is 2.92 bits per heavy atom. The molecule has 1 rings (SSSR count). The molecular formula is C6H5Br2NO2S. The molecule has 66 valence electrons. The lowest BCUT2D eigenvalue weighted by Crippen LogP contribution is -2.03. The van der Waals surface area contributed by atoms with Gasteiger partial charge in [0.1, 0.15) is 0 Å². The Kier molecular flexibility index (Phi) is 3.67. The molecule has 0 bridgehead atoms. The molecule has 0 aliphatic carbocycles. The smallest absolute Gasteiger partial charge is 0.357 e. The van der Waals surface area contributed by atoms with E-state index in [9.17, 15) is 4.79 Å². The number of nitrogens with zero attached hydrogens (tertiary/aromatic N) is 1. The fourth-order valence-corrected chi connectivity index (χ4v) is 2.66. The minimum Gasteiger partial charge on any atom is -0.464 e. The van der Waals surface area contributed by atoms with E-state index in [1.54, 1.807) is 0 Å². The largest absolute Gasteiger partial charge is 0.464 e. The van der Waals surface area contributed by atoms with Gasteiger partial charge in [0, 0.05) is 5.33 Å². The van der Waals surface area contributed by atoms with Crippen LogP contribution >= 0.6 is 43.2 Å².